The van der Waals surface area contributed by atoms with Crippen LogP contribution in [0.1, 0.15) is 51.4 Å². The highest BCUT2D eigenvalue weighted by Gasteiger charge is 2.24. The lowest BCUT2D eigenvalue weighted by Crippen LogP contribution is -2.42. The molecule has 8 nitrogen and oxygen atoms in total. The van der Waals surface area contributed by atoms with Crippen LogP contribution in [-0.2, 0) is 0 Å². The monoisotopic (exact) mass is 442 g/mol. The lowest BCUT2D eigenvalue weighted by Gasteiger charge is -2.35. The van der Waals surface area contributed by atoms with Gasteiger partial charge >= 0.3 is 0 Å². The summed E-state index contributed by atoms with van der Waals surface area (Å²) in [6.45, 7) is 2.12. The first-order valence-corrected chi connectivity index (χ1v) is 11.7. The van der Waals surface area contributed by atoms with E-state index in [0.717, 1.165) is 38.8 Å². The van der Waals surface area contributed by atoms with E-state index in [4.69, 9.17) is 10.7 Å². The third kappa shape index (κ3) is 5.76. The third-order valence-corrected chi connectivity index (χ3v) is 6.62. The molecule has 32 heavy (non-hydrogen) atoms. The molecule has 0 unspecified atom stereocenters. The van der Waals surface area contributed by atoms with Gasteiger partial charge in [-0.25, -0.2) is 4.39 Å². The summed E-state index contributed by atoms with van der Waals surface area (Å²) in [7, 11) is 4.20. The molecule has 1 aromatic carbocycles. The minimum absolute atomic E-state index is 0.115. The van der Waals surface area contributed by atoms with Crippen LogP contribution in [0.4, 0.5) is 33.6 Å². The van der Waals surface area contributed by atoms with Crippen LogP contribution in [0.5, 0.6) is 0 Å². The van der Waals surface area contributed by atoms with E-state index in [1.165, 1.54) is 37.8 Å². The predicted octanol–water partition coefficient (Wildman–Crippen LogP) is 4.00. The van der Waals surface area contributed by atoms with Crippen LogP contribution in [0, 0.1) is 5.82 Å². The Morgan fingerprint density at radius 3 is 2.38 bits per heavy atom. The second-order valence-electron chi connectivity index (χ2n) is 9.12. The van der Waals surface area contributed by atoms with E-state index in [1.807, 2.05) is 7.05 Å². The number of hydrogen-bond acceptors (Lipinski definition) is 8. The van der Waals surface area contributed by atoms with Crippen molar-refractivity contribution in [2.75, 3.05) is 48.5 Å². The van der Waals surface area contributed by atoms with E-state index in [1.54, 1.807) is 6.07 Å². The molecule has 4 N–H and O–H groups in total. The summed E-state index contributed by atoms with van der Waals surface area (Å²) in [6.07, 6.45) is 9.40. The minimum atomic E-state index is -0.468. The molecule has 2 heterocycles. The summed E-state index contributed by atoms with van der Waals surface area (Å²) in [5, 5.41) is 6.68. The second-order valence-corrected chi connectivity index (χ2v) is 9.12. The molecule has 1 aliphatic heterocycles. The predicted molar refractivity (Wildman–Crippen MR) is 128 cm³/mol. The summed E-state index contributed by atoms with van der Waals surface area (Å²) in [6, 6.07) is 5.36. The van der Waals surface area contributed by atoms with Crippen molar-refractivity contribution in [1.82, 2.24) is 19.9 Å². The highest BCUT2D eigenvalue weighted by Crippen LogP contribution is 2.25. The number of nitrogen functional groups attached to an aromatic ring is 1. The van der Waals surface area contributed by atoms with Crippen molar-refractivity contribution in [1.29, 1.82) is 0 Å². The SMILES string of the molecule is CN1CCC(N(C)c2nc(Nc3ccc(N)c(F)c3)nc(NC3CCCCCC3)n2)CC1. The van der Waals surface area contributed by atoms with E-state index >= 15 is 0 Å². The molecule has 0 atom stereocenters. The van der Waals surface area contributed by atoms with Gasteiger partial charge in [0.25, 0.3) is 0 Å². The zero-order valence-electron chi connectivity index (χ0n) is 19.1. The number of halogens is 1. The number of benzene rings is 1. The fraction of sp³-hybridized carbons (Fsp3) is 0.609. The van der Waals surface area contributed by atoms with Gasteiger partial charge in [0.2, 0.25) is 17.8 Å². The number of anilines is 5. The standard InChI is InChI=1S/C23H35FN8/c1-31-13-11-18(12-14-31)32(2)23-29-21(26-16-7-5-3-4-6-8-16)28-22(30-23)27-17-9-10-20(25)19(24)15-17/h9-10,15-16,18H,3-8,11-14,25H2,1-2H3,(H2,26,27,28,29,30). The number of rotatable bonds is 6. The van der Waals surface area contributed by atoms with Gasteiger partial charge < -0.3 is 26.2 Å². The van der Waals surface area contributed by atoms with Crippen molar-refractivity contribution in [2.24, 2.45) is 0 Å². The maximum Gasteiger partial charge on any atom is 0.233 e. The van der Waals surface area contributed by atoms with E-state index in [2.05, 4.69) is 37.4 Å². The summed E-state index contributed by atoms with van der Waals surface area (Å²) in [5.41, 5.74) is 6.28. The van der Waals surface area contributed by atoms with Gasteiger partial charge in [-0.3, -0.25) is 0 Å². The Morgan fingerprint density at radius 2 is 1.69 bits per heavy atom. The smallest absolute Gasteiger partial charge is 0.233 e. The lowest BCUT2D eigenvalue weighted by molar-refractivity contribution is 0.252. The molecule has 0 radical (unpaired) electrons. The van der Waals surface area contributed by atoms with E-state index in [-0.39, 0.29) is 5.69 Å². The van der Waals surface area contributed by atoms with Crippen LogP contribution in [0.25, 0.3) is 0 Å². The Kier molecular flexibility index (Phi) is 7.24. The maximum atomic E-state index is 13.9. The second kappa shape index (κ2) is 10.3. The van der Waals surface area contributed by atoms with Gasteiger partial charge in [-0.15, -0.1) is 0 Å². The van der Waals surface area contributed by atoms with Gasteiger partial charge in [-0.1, -0.05) is 25.7 Å². The van der Waals surface area contributed by atoms with Crippen LogP contribution in [-0.4, -0.2) is 59.1 Å². The van der Waals surface area contributed by atoms with Gasteiger partial charge in [-0.05, 0) is 64.0 Å². The van der Waals surface area contributed by atoms with Crippen molar-refractivity contribution < 1.29 is 4.39 Å². The molecule has 1 saturated heterocycles. The fourth-order valence-electron chi connectivity index (χ4n) is 4.53. The number of aromatic nitrogens is 3. The van der Waals surface area contributed by atoms with Crippen molar-refractivity contribution in [3.05, 3.63) is 24.0 Å². The highest BCUT2D eigenvalue weighted by molar-refractivity contribution is 5.59. The van der Waals surface area contributed by atoms with Crippen LogP contribution < -0.4 is 21.3 Å². The molecule has 0 spiro atoms. The molecule has 1 saturated carbocycles. The molecule has 0 amide bonds. The van der Waals surface area contributed by atoms with Crippen molar-refractivity contribution in [2.45, 2.75) is 63.5 Å². The van der Waals surface area contributed by atoms with Crippen LogP contribution in [0.3, 0.4) is 0 Å². The quantitative estimate of drug-likeness (QED) is 0.456. The Hall–Kier alpha value is -2.68. The van der Waals surface area contributed by atoms with Crippen LogP contribution >= 0.6 is 0 Å². The summed E-state index contributed by atoms with van der Waals surface area (Å²) in [5.74, 6) is 1.13. The number of nitrogens with zero attached hydrogens (tertiary/aromatic N) is 5. The molecule has 1 aliphatic carbocycles. The zero-order chi connectivity index (χ0) is 22.5. The fourth-order valence-corrected chi connectivity index (χ4v) is 4.53. The van der Waals surface area contributed by atoms with Gasteiger partial charge in [0.1, 0.15) is 5.82 Å². The molecular weight excluding hydrogens is 407 g/mol. The van der Waals surface area contributed by atoms with Gasteiger partial charge in [0, 0.05) is 24.8 Å². The molecule has 9 heteroatoms. The number of nitrogens with one attached hydrogen (secondary N) is 2. The average Bonchev–Trinajstić information content (AvgIpc) is 3.05. The Morgan fingerprint density at radius 1 is 1.00 bits per heavy atom. The Bertz CT molecular complexity index is 892. The van der Waals surface area contributed by atoms with Crippen LogP contribution in [0.2, 0.25) is 0 Å². The Balaban J connectivity index is 1.58. The summed E-state index contributed by atoms with van der Waals surface area (Å²) in [4.78, 5) is 18.6. The van der Waals surface area contributed by atoms with Crippen molar-refractivity contribution in [3.63, 3.8) is 0 Å². The molecule has 1 aromatic heterocycles. The first kappa shape index (κ1) is 22.5. The first-order chi connectivity index (χ1) is 15.5. The van der Waals surface area contributed by atoms with Crippen molar-refractivity contribution >= 4 is 29.2 Å². The molecule has 2 aromatic rings. The minimum Gasteiger partial charge on any atom is -0.396 e. The van der Waals surface area contributed by atoms with E-state index in [0.29, 0.717) is 35.6 Å². The third-order valence-electron chi connectivity index (χ3n) is 6.62. The number of likely N-dealkylation sites (tertiary alicyclic amines) is 1. The summed E-state index contributed by atoms with van der Waals surface area (Å²) < 4.78 is 13.9. The highest BCUT2D eigenvalue weighted by atomic mass is 19.1. The van der Waals surface area contributed by atoms with Gasteiger partial charge in [0.05, 0.1) is 5.69 Å². The average molecular weight is 443 g/mol. The maximum absolute atomic E-state index is 13.9. The molecule has 4 rings (SSSR count). The molecule has 0 bridgehead atoms. The zero-order valence-corrected chi connectivity index (χ0v) is 19.1. The largest absolute Gasteiger partial charge is 0.396 e. The number of piperidine rings is 1. The molecule has 2 aliphatic rings. The van der Waals surface area contributed by atoms with Crippen molar-refractivity contribution in [3.8, 4) is 0 Å². The van der Waals surface area contributed by atoms with E-state index in [9.17, 15) is 4.39 Å². The molecular formula is C23H35FN8. The number of hydrogen-bond donors (Lipinski definition) is 3. The topological polar surface area (TPSA) is 95.2 Å². The van der Waals surface area contributed by atoms with Gasteiger partial charge in [0.15, 0.2) is 0 Å². The molecule has 2 fully saturated rings. The van der Waals surface area contributed by atoms with E-state index < -0.39 is 5.82 Å². The molecule has 174 valence electrons. The van der Waals surface area contributed by atoms with Gasteiger partial charge in [-0.2, -0.15) is 15.0 Å². The summed E-state index contributed by atoms with van der Waals surface area (Å²) >= 11 is 0. The normalized spacial score (nSPS) is 18.8. The Labute approximate surface area is 189 Å². The number of nitrogens with two attached hydrogens (primary N) is 1. The lowest BCUT2D eigenvalue weighted by atomic mass is 10.0. The first-order valence-electron chi connectivity index (χ1n) is 11.7. The van der Waals surface area contributed by atoms with Crippen LogP contribution in [0.15, 0.2) is 18.2 Å².